The molecule has 2 aliphatic rings. The molecule has 5 nitrogen and oxygen atoms in total. The number of benzene rings is 1. The summed E-state index contributed by atoms with van der Waals surface area (Å²) in [6.07, 6.45) is 6.87. The van der Waals surface area contributed by atoms with Crippen LogP contribution in [0.25, 0.3) is 0 Å². The maximum atomic E-state index is 11.0. The van der Waals surface area contributed by atoms with Gasteiger partial charge >= 0.3 is 6.09 Å². The predicted molar refractivity (Wildman–Crippen MR) is 117 cm³/mol. The second kappa shape index (κ2) is 13.0. The molecule has 1 aliphatic carbocycles. The summed E-state index contributed by atoms with van der Waals surface area (Å²) in [5.74, 6) is 0.341. The topological polar surface area (TPSA) is 76.7 Å². The molecule has 0 radical (unpaired) electrons. The maximum Gasteiger partial charge on any atom is 0.404 e. The molecule has 0 bridgehead atoms. The Balaban J connectivity index is 0.000000921. The lowest BCUT2D eigenvalue weighted by atomic mass is 9.80. The number of fused-ring (bicyclic) bond motifs is 1. The Bertz CT molecular complexity index is 650. The molecule has 1 amide bonds. The van der Waals surface area contributed by atoms with E-state index in [0.29, 0.717) is 5.92 Å². The lowest BCUT2D eigenvalue weighted by Gasteiger charge is -2.30. The van der Waals surface area contributed by atoms with Gasteiger partial charge in [0, 0.05) is 12.1 Å². The first-order valence-electron chi connectivity index (χ1n) is 10.7. The van der Waals surface area contributed by atoms with Crippen LogP contribution in [0.15, 0.2) is 41.1 Å². The second-order valence-corrected chi connectivity index (χ2v) is 6.48. The predicted octanol–water partition coefficient (Wildman–Crippen LogP) is 5.54. The summed E-state index contributed by atoms with van der Waals surface area (Å²) >= 11 is 0. The number of primary amides is 1. The zero-order chi connectivity index (χ0) is 20.9. The molecule has 0 spiro atoms. The van der Waals surface area contributed by atoms with Crippen molar-refractivity contribution in [3.8, 4) is 0 Å². The number of nitrogens with two attached hydrogens (primary N) is 1. The molecule has 0 saturated heterocycles. The number of allylic oxidation sites excluding steroid dienone is 1. The van der Waals surface area contributed by atoms with Crippen LogP contribution < -0.4 is 11.2 Å². The van der Waals surface area contributed by atoms with E-state index in [4.69, 9.17) is 10.5 Å². The Morgan fingerprint density at radius 3 is 2.43 bits per heavy atom. The zero-order valence-corrected chi connectivity index (χ0v) is 18.1. The van der Waals surface area contributed by atoms with Gasteiger partial charge in [-0.05, 0) is 55.2 Å². The van der Waals surface area contributed by atoms with E-state index in [2.05, 4.69) is 41.7 Å². The second-order valence-electron chi connectivity index (χ2n) is 6.48. The molecule has 1 aromatic carbocycles. The van der Waals surface area contributed by atoms with Crippen molar-refractivity contribution in [2.75, 3.05) is 0 Å². The third kappa shape index (κ3) is 6.70. The fraction of sp³-hybridized carbons (Fsp3) is 0.565. The number of carbonyl (C=O) groups is 1. The first kappa shape index (κ1) is 23.7. The summed E-state index contributed by atoms with van der Waals surface area (Å²) in [5, 5.41) is 4.56. The molecule has 2 unspecified atom stereocenters. The quantitative estimate of drug-likeness (QED) is 0.715. The average Bonchev–Trinajstić information content (AvgIpc) is 2.73. The number of ether oxygens (including phenoxy) is 1. The van der Waals surface area contributed by atoms with Crippen LogP contribution in [0.3, 0.4) is 0 Å². The van der Waals surface area contributed by atoms with E-state index < -0.39 is 6.09 Å². The van der Waals surface area contributed by atoms with Crippen molar-refractivity contribution in [1.82, 2.24) is 5.43 Å². The highest BCUT2D eigenvalue weighted by molar-refractivity contribution is 6.04. The van der Waals surface area contributed by atoms with Crippen LogP contribution >= 0.6 is 0 Å². The standard InChI is InChI=1S/C19H25N3O2.2C2H6/c1-2-13-6-8-14(9-7-13)18-17-5-3-4-16(24-19(20)23)11-10-15(17)12-21-22-18;2*1-2/h6-9,12,16-17,21H,2-5,10-11H2,1H3,(H2,20,23);2*1-2H3. The van der Waals surface area contributed by atoms with E-state index in [0.717, 1.165) is 44.2 Å². The largest absolute Gasteiger partial charge is 0.446 e. The Labute approximate surface area is 170 Å². The number of nitrogens with one attached hydrogen (secondary N) is 1. The summed E-state index contributed by atoms with van der Waals surface area (Å²) in [7, 11) is 0. The Hall–Kier alpha value is -2.30. The number of hydrazone groups is 1. The van der Waals surface area contributed by atoms with Crippen LogP contribution in [0.2, 0.25) is 0 Å². The highest BCUT2D eigenvalue weighted by atomic mass is 16.6. The van der Waals surface area contributed by atoms with Crippen molar-refractivity contribution in [3.63, 3.8) is 0 Å². The Morgan fingerprint density at radius 1 is 1.14 bits per heavy atom. The summed E-state index contributed by atoms with van der Waals surface area (Å²) in [5.41, 5.74) is 13.2. The van der Waals surface area contributed by atoms with Gasteiger partial charge in [-0.15, -0.1) is 0 Å². The molecule has 1 saturated carbocycles. The van der Waals surface area contributed by atoms with Gasteiger partial charge in [-0.1, -0.05) is 58.9 Å². The van der Waals surface area contributed by atoms with Gasteiger partial charge in [0.1, 0.15) is 6.10 Å². The fourth-order valence-corrected chi connectivity index (χ4v) is 3.59. The van der Waals surface area contributed by atoms with E-state index in [1.54, 1.807) is 0 Å². The molecule has 1 fully saturated rings. The van der Waals surface area contributed by atoms with Gasteiger partial charge in [-0.25, -0.2) is 4.79 Å². The molecule has 5 heteroatoms. The molecule has 3 N–H and O–H groups in total. The molecule has 3 rings (SSSR count). The van der Waals surface area contributed by atoms with Crippen LogP contribution in [0.5, 0.6) is 0 Å². The smallest absolute Gasteiger partial charge is 0.404 e. The SMILES string of the molecule is CC.CC.CCc1ccc(C2=NNC=C3CCC(OC(N)=O)CCCC32)cc1. The number of rotatable bonds is 3. The minimum Gasteiger partial charge on any atom is -0.446 e. The van der Waals surface area contributed by atoms with E-state index in [-0.39, 0.29) is 6.10 Å². The molecular formula is C23H37N3O2. The minimum absolute atomic E-state index is 0.0736. The van der Waals surface area contributed by atoms with Crippen LogP contribution in [0, 0.1) is 5.92 Å². The molecular weight excluding hydrogens is 350 g/mol. The van der Waals surface area contributed by atoms with Crippen LogP contribution in [0.4, 0.5) is 4.79 Å². The third-order valence-corrected chi connectivity index (χ3v) is 4.93. The van der Waals surface area contributed by atoms with Crippen molar-refractivity contribution < 1.29 is 9.53 Å². The van der Waals surface area contributed by atoms with Gasteiger partial charge in [-0.2, -0.15) is 5.10 Å². The highest BCUT2D eigenvalue weighted by Gasteiger charge is 2.28. The van der Waals surface area contributed by atoms with Crippen molar-refractivity contribution in [2.24, 2.45) is 16.8 Å². The van der Waals surface area contributed by atoms with E-state index in [1.165, 1.54) is 16.7 Å². The normalized spacial score (nSPS) is 20.8. The fourth-order valence-electron chi connectivity index (χ4n) is 3.59. The van der Waals surface area contributed by atoms with Gasteiger partial charge in [0.05, 0.1) is 5.71 Å². The van der Waals surface area contributed by atoms with E-state index in [1.807, 2.05) is 33.9 Å². The van der Waals surface area contributed by atoms with Crippen LogP contribution in [0.1, 0.15) is 77.8 Å². The molecule has 2 atom stereocenters. The van der Waals surface area contributed by atoms with Crippen molar-refractivity contribution in [1.29, 1.82) is 0 Å². The van der Waals surface area contributed by atoms with Gasteiger partial charge < -0.3 is 10.5 Å². The number of carbonyl (C=O) groups excluding carboxylic acids is 1. The number of hydrogen-bond acceptors (Lipinski definition) is 4. The summed E-state index contributed by atoms with van der Waals surface area (Å²) in [6, 6.07) is 8.69. The first-order chi connectivity index (χ1) is 13.7. The molecule has 0 aromatic heterocycles. The van der Waals surface area contributed by atoms with Gasteiger partial charge in [0.15, 0.2) is 0 Å². The number of aryl methyl sites for hydroxylation is 1. The summed E-state index contributed by atoms with van der Waals surface area (Å²) in [6.45, 7) is 10.2. The van der Waals surface area contributed by atoms with Crippen LogP contribution in [-0.2, 0) is 11.2 Å². The van der Waals surface area contributed by atoms with Gasteiger partial charge in [0.2, 0.25) is 0 Å². The van der Waals surface area contributed by atoms with Crippen molar-refractivity contribution >= 4 is 11.8 Å². The molecule has 1 heterocycles. The number of amides is 1. The lowest BCUT2D eigenvalue weighted by molar-refractivity contribution is 0.0915. The monoisotopic (exact) mass is 387 g/mol. The minimum atomic E-state index is -0.675. The van der Waals surface area contributed by atoms with E-state index >= 15 is 0 Å². The van der Waals surface area contributed by atoms with E-state index in [9.17, 15) is 4.79 Å². The first-order valence-corrected chi connectivity index (χ1v) is 10.7. The maximum absolute atomic E-state index is 11.0. The number of hydrogen-bond donors (Lipinski definition) is 2. The molecule has 28 heavy (non-hydrogen) atoms. The third-order valence-electron chi connectivity index (χ3n) is 4.93. The average molecular weight is 388 g/mol. The lowest BCUT2D eigenvalue weighted by Crippen LogP contribution is -2.30. The summed E-state index contributed by atoms with van der Waals surface area (Å²) in [4.78, 5) is 11.0. The summed E-state index contributed by atoms with van der Waals surface area (Å²) < 4.78 is 5.20. The Morgan fingerprint density at radius 2 is 1.82 bits per heavy atom. The van der Waals surface area contributed by atoms with Crippen LogP contribution in [-0.4, -0.2) is 17.9 Å². The number of nitrogens with zero attached hydrogens (tertiary/aromatic N) is 1. The molecule has 1 aromatic rings. The molecule has 156 valence electrons. The van der Waals surface area contributed by atoms with Crippen molar-refractivity contribution in [2.45, 2.75) is 79.2 Å². The van der Waals surface area contributed by atoms with Gasteiger partial charge in [-0.3, -0.25) is 5.43 Å². The molecule has 1 aliphatic heterocycles. The highest BCUT2D eigenvalue weighted by Crippen LogP contribution is 2.32. The van der Waals surface area contributed by atoms with Gasteiger partial charge in [0.25, 0.3) is 0 Å². The Kier molecular flexibility index (Phi) is 11.0. The zero-order valence-electron chi connectivity index (χ0n) is 18.1. The van der Waals surface area contributed by atoms with Crippen molar-refractivity contribution in [3.05, 3.63) is 47.2 Å².